The molecule has 0 spiro atoms. The molecule has 0 unspecified atom stereocenters. The Balaban J connectivity index is 2.43. The van der Waals surface area contributed by atoms with Crippen LogP contribution in [-0.4, -0.2) is 18.6 Å². The van der Waals surface area contributed by atoms with Gasteiger partial charge in [0.05, 0.1) is 6.61 Å². The van der Waals surface area contributed by atoms with Gasteiger partial charge in [0.2, 0.25) is 5.88 Å². The first-order valence-corrected chi connectivity index (χ1v) is 7.70. The molecule has 0 aliphatic heterocycles. The van der Waals surface area contributed by atoms with E-state index in [1.807, 2.05) is 45.2 Å². The zero-order valence-corrected chi connectivity index (χ0v) is 13.7. The zero-order valence-electron chi connectivity index (χ0n) is 13.7. The first-order chi connectivity index (χ1) is 11.2. The van der Waals surface area contributed by atoms with E-state index in [4.69, 9.17) is 9.47 Å². The molecule has 2 aromatic rings. The van der Waals surface area contributed by atoms with E-state index in [1.54, 1.807) is 6.07 Å². The molecule has 5 nitrogen and oxygen atoms in total. The lowest BCUT2D eigenvalue weighted by atomic mass is 10.2. The number of nitriles is 1. The third kappa shape index (κ3) is 3.99. The minimum Gasteiger partial charge on any atom is -0.490 e. The van der Waals surface area contributed by atoms with Gasteiger partial charge in [0.1, 0.15) is 11.6 Å². The minimum absolute atomic E-state index is 0.314. The van der Waals surface area contributed by atoms with Crippen molar-refractivity contribution in [1.29, 1.82) is 5.26 Å². The third-order valence-corrected chi connectivity index (χ3v) is 3.32. The second kappa shape index (κ2) is 8.16. The van der Waals surface area contributed by atoms with E-state index in [2.05, 4.69) is 16.4 Å². The van der Waals surface area contributed by atoms with Crippen molar-refractivity contribution in [2.24, 2.45) is 0 Å². The summed E-state index contributed by atoms with van der Waals surface area (Å²) in [6, 6.07) is 11.4. The van der Waals surface area contributed by atoms with Gasteiger partial charge in [-0.25, -0.2) is 4.98 Å². The standard InChI is InChI=1S/C18H21N3O2/c1-4-15-10-9-13(11-19)18(21-15)23-16-8-6-7-14(12-20-3)17(16)22-5-2/h6-10,20H,4-5,12H2,1-3H3. The van der Waals surface area contributed by atoms with Crippen molar-refractivity contribution in [1.82, 2.24) is 10.3 Å². The summed E-state index contributed by atoms with van der Waals surface area (Å²) in [4.78, 5) is 4.42. The fourth-order valence-electron chi connectivity index (χ4n) is 2.22. The number of hydrogen-bond acceptors (Lipinski definition) is 5. The molecule has 1 N–H and O–H groups in total. The molecule has 0 aliphatic rings. The van der Waals surface area contributed by atoms with Crippen LogP contribution in [0.4, 0.5) is 0 Å². The van der Waals surface area contributed by atoms with Gasteiger partial charge in [0, 0.05) is 17.8 Å². The van der Waals surface area contributed by atoms with Crippen LogP contribution in [0.3, 0.4) is 0 Å². The van der Waals surface area contributed by atoms with E-state index in [9.17, 15) is 5.26 Å². The predicted molar refractivity (Wildman–Crippen MR) is 88.8 cm³/mol. The highest BCUT2D eigenvalue weighted by atomic mass is 16.5. The van der Waals surface area contributed by atoms with Crippen molar-refractivity contribution in [3.8, 4) is 23.4 Å². The van der Waals surface area contributed by atoms with Crippen LogP contribution in [-0.2, 0) is 13.0 Å². The molecule has 0 aliphatic carbocycles. The highest BCUT2D eigenvalue weighted by Gasteiger charge is 2.14. The fraction of sp³-hybridized carbons (Fsp3) is 0.333. The number of benzene rings is 1. The molecule has 1 heterocycles. The molecule has 1 aromatic carbocycles. The molecule has 0 radical (unpaired) electrons. The lowest BCUT2D eigenvalue weighted by molar-refractivity contribution is 0.315. The van der Waals surface area contributed by atoms with Gasteiger partial charge in [-0.15, -0.1) is 0 Å². The molecule has 23 heavy (non-hydrogen) atoms. The van der Waals surface area contributed by atoms with Crippen LogP contribution in [0, 0.1) is 11.3 Å². The number of rotatable bonds is 7. The van der Waals surface area contributed by atoms with Crippen LogP contribution in [0.25, 0.3) is 0 Å². The second-order valence-electron chi connectivity index (χ2n) is 4.93. The van der Waals surface area contributed by atoms with Gasteiger partial charge in [-0.2, -0.15) is 5.26 Å². The Morgan fingerprint density at radius 2 is 2.04 bits per heavy atom. The van der Waals surface area contributed by atoms with E-state index in [0.717, 1.165) is 17.7 Å². The molecular weight excluding hydrogens is 290 g/mol. The summed E-state index contributed by atoms with van der Waals surface area (Å²) in [6.45, 7) is 5.14. The molecule has 0 saturated heterocycles. The maximum atomic E-state index is 9.26. The maximum absolute atomic E-state index is 9.26. The molecule has 120 valence electrons. The smallest absolute Gasteiger partial charge is 0.237 e. The van der Waals surface area contributed by atoms with Crippen molar-refractivity contribution in [3.05, 3.63) is 47.2 Å². The summed E-state index contributed by atoms with van der Waals surface area (Å²) >= 11 is 0. The van der Waals surface area contributed by atoms with Crippen molar-refractivity contribution >= 4 is 0 Å². The van der Waals surface area contributed by atoms with Crippen LogP contribution < -0.4 is 14.8 Å². The highest BCUT2D eigenvalue weighted by Crippen LogP contribution is 2.35. The van der Waals surface area contributed by atoms with Crippen LogP contribution in [0.15, 0.2) is 30.3 Å². The van der Waals surface area contributed by atoms with E-state index in [-0.39, 0.29) is 0 Å². The number of pyridine rings is 1. The highest BCUT2D eigenvalue weighted by molar-refractivity contribution is 5.50. The molecule has 0 atom stereocenters. The maximum Gasteiger partial charge on any atom is 0.237 e. The number of para-hydroxylation sites is 1. The normalized spacial score (nSPS) is 10.2. The molecular formula is C18H21N3O2. The predicted octanol–water partition coefficient (Wildman–Crippen LogP) is 3.43. The Morgan fingerprint density at radius 1 is 1.22 bits per heavy atom. The quantitative estimate of drug-likeness (QED) is 0.848. The van der Waals surface area contributed by atoms with Crippen LogP contribution in [0.2, 0.25) is 0 Å². The number of aryl methyl sites for hydroxylation is 1. The summed E-state index contributed by atoms with van der Waals surface area (Å²) in [5.74, 6) is 1.56. The molecule has 0 bridgehead atoms. The van der Waals surface area contributed by atoms with Crippen molar-refractivity contribution in [2.75, 3.05) is 13.7 Å². The van der Waals surface area contributed by atoms with E-state index in [1.165, 1.54) is 0 Å². The Kier molecular flexibility index (Phi) is 5.95. The van der Waals surface area contributed by atoms with Crippen molar-refractivity contribution in [3.63, 3.8) is 0 Å². The topological polar surface area (TPSA) is 67.2 Å². The van der Waals surface area contributed by atoms with Crippen molar-refractivity contribution in [2.45, 2.75) is 26.8 Å². The molecule has 5 heteroatoms. The first-order valence-electron chi connectivity index (χ1n) is 7.70. The Morgan fingerprint density at radius 3 is 2.70 bits per heavy atom. The van der Waals surface area contributed by atoms with Crippen LogP contribution in [0.5, 0.6) is 17.4 Å². The van der Waals surface area contributed by atoms with Gasteiger partial charge in [-0.3, -0.25) is 0 Å². The van der Waals surface area contributed by atoms with Crippen LogP contribution >= 0.6 is 0 Å². The van der Waals surface area contributed by atoms with Crippen LogP contribution in [0.1, 0.15) is 30.7 Å². The van der Waals surface area contributed by atoms with E-state index >= 15 is 0 Å². The summed E-state index contributed by atoms with van der Waals surface area (Å²) in [7, 11) is 1.88. The fourth-order valence-corrected chi connectivity index (χ4v) is 2.22. The SMILES string of the molecule is CCOc1c(CNC)cccc1Oc1nc(CC)ccc1C#N. The van der Waals surface area contributed by atoms with Crippen molar-refractivity contribution < 1.29 is 9.47 Å². The molecule has 0 amide bonds. The number of nitrogens with one attached hydrogen (secondary N) is 1. The Hall–Kier alpha value is -2.58. The largest absolute Gasteiger partial charge is 0.490 e. The third-order valence-electron chi connectivity index (χ3n) is 3.32. The Bertz CT molecular complexity index is 708. The van der Waals surface area contributed by atoms with Gasteiger partial charge in [-0.1, -0.05) is 19.1 Å². The molecule has 0 saturated carbocycles. The van der Waals surface area contributed by atoms with Gasteiger partial charge in [0.25, 0.3) is 0 Å². The summed E-state index contributed by atoms with van der Waals surface area (Å²) in [6.07, 6.45) is 0.778. The zero-order chi connectivity index (χ0) is 16.7. The first kappa shape index (κ1) is 16.8. The second-order valence-corrected chi connectivity index (χ2v) is 4.93. The minimum atomic E-state index is 0.314. The van der Waals surface area contributed by atoms with E-state index in [0.29, 0.717) is 36.1 Å². The van der Waals surface area contributed by atoms with Gasteiger partial charge >= 0.3 is 0 Å². The monoisotopic (exact) mass is 311 g/mol. The number of hydrogen-bond donors (Lipinski definition) is 1. The average Bonchev–Trinajstić information content (AvgIpc) is 2.58. The summed E-state index contributed by atoms with van der Waals surface area (Å²) in [5.41, 5.74) is 2.28. The molecule has 0 fully saturated rings. The van der Waals surface area contributed by atoms with Gasteiger partial charge < -0.3 is 14.8 Å². The van der Waals surface area contributed by atoms with Gasteiger partial charge in [-0.05, 0) is 38.6 Å². The van der Waals surface area contributed by atoms with E-state index < -0.39 is 0 Å². The summed E-state index contributed by atoms with van der Waals surface area (Å²) < 4.78 is 11.7. The number of ether oxygens (including phenoxy) is 2. The number of nitrogens with zero attached hydrogens (tertiary/aromatic N) is 2. The summed E-state index contributed by atoms with van der Waals surface area (Å²) in [5, 5.41) is 12.4. The Labute approximate surface area is 136 Å². The van der Waals surface area contributed by atoms with Gasteiger partial charge in [0.15, 0.2) is 11.5 Å². The molecule has 2 rings (SSSR count). The average molecular weight is 311 g/mol. The number of aromatic nitrogens is 1. The lowest BCUT2D eigenvalue weighted by Gasteiger charge is -2.15. The molecule has 1 aromatic heterocycles. The lowest BCUT2D eigenvalue weighted by Crippen LogP contribution is -2.08.